The number of benzene rings is 1. The lowest BCUT2D eigenvalue weighted by molar-refractivity contribution is 0.177. The number of fused-ring (bicyclic) bond motifs is 4. The maximum absolute atomic E-state index is 12.7. The number of hydrogen-bond donors (Lipinski definition) is 2. The predicted molar refractivity (Wildman–Crippen MR) is 91.6 cm³/mol. The van der Waals surface area contributed by atoms with Gasteiger partial charge in [-0.2, -0.15) is 5.10 Å². The zero-order valence-electron chi connectivity index (χ0n) is 12.6. The number of rotatable bonds is 1. The summed E-state index contributed by atoms with van der Waals surface area (Å²) in [5, 5.41) is 10.3. The molecule has 0 spiro atoms. The molecule has 6 nitrogen and oxygen atoms in total. The molecule has 2 unspecified atom stereocenters. The van der Waals surface area contributed by atoms with E-state index in [1.807, 2.05) is 4.90 Å². The molecule has 2 aliphatic rings. The number of amides is 2. The van der Waals surface area contributed by atoms with Gasteiger partial charge in [0.1, 0.15) is 0 Å². The van der Waals surface area contributed by atoms with Crippen molar-refractivity contribution in [1.29, 1.82) is 0 Å². The van der Waals surface area contributed by atoms with Crippen LogP contribution >= 0.6 is 23.2 Å². The molecule has 8 heteroatoms. The van der Waals surface area contributed by atoms with Gasteiger partial charge in [-0.1, -0.05) is 23.2 Å². The van der Waals surface area contributed by atoms with E-state index in [2.05, 4.69) is 15.5 Å². The second-order valence-electron chi connectivity index (χ2n) is 6.06. The maximum Gasteiger partial charge on any atom is 0.322 e. The van der Waals surface area contributed by atoms with E-state index in [9.17, 15) is 9.59 Å². The highest BCUT2D eigenvalue weighted by Crippen LogP contribution is 2.42. The monoisotopic (exact) mass is 364 g/mol. The summed E-state index contributed by atoms with van der Waals surface area (Å²) in [4.78, 5) is 26.0. The molecule has 1 saturated heterocycles. The highest BCUT2D eigenvalue weighted by atomic mass is 35.5. The Morgan fingerprint density at radius 1 is 1.25 bits per heavy atom. The van der Waals surface area contributed by atoms with Gasteiger partial charge >= 0.3 is 6.03 Å². The van der Waals surface area contributed by atoms with Crippen LogP contribution in [-0.2, 0) is 6.42 Å². The first-order valence-corrected chi connectivity index (χ1v) is 8.41. The first-order valence-electron chi connectivity index (χ1n) is 7.66. The molecule has 1 aromatic heterocycles. The molecular weight excluding hydrogens is 351 g/mol. The minimum Gasteiger partial charge on any atom is -0.313 e. The predicted octanol–water partition coefficient (Wildman–Crippen LogP) is 3.37. The number of aromatic amines is 1. The molecule has 0 aliphatic carbocycles. The van der Waals surface area contributed by atoms with Crippen molar-refractivity contribution in [1.82, 2.24) is 15.1 Å². The lowest BCUT2D eigenvalue weighted by atomic mass is 9.99. The van der Waals surface area contributed by atoms with Gasteiger partial charge in [-0.25, -0.2) is 9.89 Å². The van der Waals surface area contributed by atoms with E-state index >= 15 is 0 Å². The zero-order chi connectivity index (χ0) is 16.8. The molecule has 1 fully saturated rings. The quantitative estimate of drug-likeness (QED) is 0.813. The molecule has 4 rings (SSSR count). The highest BCUT2D eigenvalue weighted by molar-refractivity contribution is 6.42. The average molecular weight is 365 g/mol. The second-order valence-corrected chi connectivity index (χ2v) is 6.87. The third-order valence-electron chi connectivity index (χ3n) is 4.60. The van der Waals surface area contributed by atoms with Gasteiger partial charge in [-0.3, -0.25) is 4.79 Å². The summed E-state index contributed by atoms with van der Waals surface area (Å²) in [7, 11) is 0. The van der Waals surface area contributed by atoms with Gasteiger partial charge in [-0.05, 0) is 43.0 Å². The van der Waals surface area contributed by atoms with E-state index in [0.29, 0.717) is 22.2 Å². The molecule has 3 heterocycles. The smallest absolute Gasteiger partial charge is 0.313 e. The third-order valence-corrected chi connectivity index (χ3v) is 5.34. The number of carbonyl (C=O) groups is 1. The average Bonchev–Trinajstić information content (AvgIpc) is 2.86. The highest BCUT2D eigenvalue weighted by Gasteiger charge is 2.43. The Balaban J connectivity index is 1.60. The Bertz CT molecular complexity index is 883. The summed E-state index contributed by atoms with van der Waals surface area (Å²) in [5.74, 6) is 0. The van der Waals surface area contributed by atoms with E-state index in [0.717, 1.165) is 24.1 Å². The summed E-state index contributed by atoms with van der Waals surface area (Å²) in [6, 6.07) is 6.33. The van der Waals surface area contributed by atoms with Gasteiger partial charge in [0.15, 0.2) is 0 Å². The van der Waals surface area contributed by atoms with Crippen LogP contribution in [0, 0.1) is 0 Å². The van der Waals surface area contributed by atoms with Crippen LogP contribution in [0.1, 0.15) is 30.1 Å². The van der Waals surface area contributed by atoms with Gasteiger partial charge in [0.05, 0.1) is 21.8 Å². The normalized spacial score (nSPS) is 21.5. The largest absolute Gasteiger partial charge is 0.322 e. The molecule has 2 bridgehead atoms. The standard InChI is InChI=1S/C16H14Cl2N4O2/c17-11-3-1-9(7-12(11)18)19-16(24)22-10-2-4-13(22)15-8(5-10)6-14(23)20-21-15/h1,3,6-7,10,13H,2,4-5H2,(H,19,24)(H,20,23). The number of H-pyrrole nitrogens is 1. The summed E-state index contributed by atoms with van der Waals surface area (Å²) in [5.41, 5.74) is 2.10. The number of nitrogens with one attached hydrogen (secondary N) is 2. The van der Waals surface area contributed by atoms with Crippen molar-refractivity contribution in [2.45, 2.75) is 31.3 Å². The Morgan fingerprint density at radius 3 is 2.88 bits per heavy atom. The number of urea groups is 1. The number of hydrogen-bond acceptors (Lipinski definition) is 3. The van der Waals surface area contributed by atoms with Crippen LogP contribution in [0.15, 0.2) is 29.1 Å². The molecule has 1 aromatic carbocycles. The van der Waals surface area contributed by atoms with Gasteiger partial charge in [-0.15, -0.1) is 0 Å². The van der Waals surface area contributed by atoms with Crippen molar-refractivity contribution >= 4 is 34.9 Å². The summed E-state index contributed by atoms with van der Waals surface area (Å²) >= 11 is 11.9. The first kappa shape index (κ1) is 15.5. The first-order chi connectivity index (χ1) is 11.5. The fourth-order valence-electron chi connectivity index (χ4n) is 3.58. The summed E-state index contributed by atoms with van der Waals surface area (Å²) in [6.07, 6.45) is 2.38. The van der Waals surface area contributed by atoms with Crippen molar-refractivity contribution in [3.05, 3.63) is 55.9 Å². The molecule has 2 aliphatic heterocycles. The summed E-state index contributed by atoms with van der Waals surface area (Å²) in [6.45, 7) is 0. The molecule has 124 valence electrons. The van der Waals surface area contributed by atoms with Crippen LogP contribution in [0.25, 0.3) is 0 Å². The van der Waals surface area contributed by atoms with Crippen molar-refractivity contribution in [2.75, 3.05) is 5.32 Å². The molecule has 24 heavy (non-hydrogen) atoms. The van der Waals surface area contributed by atoms with E-state index in [4.69, 9.17) is 23.2 Å². The molecule has 0 radical (unpaired) electrons. The van der Waals surface area contributed by atoms with Crippen molar-refractivity contribution in [2.24, 2.45) is 0 Å². The van der Waals surface area contributed by atoms with Crippen molar-refractivity contribution < 1.29 is 4.79 Å². The molecule has 2 aromatic rings. The molecule has 2 atom stereocenters. The minimum absolute atomic E-state index is 0.0777. The van der Waals surface area contributed by atoms with E-state index in [1.165, 1.54) is 0 Å². The number of aromatic nitrogens is 2. The second kappa shape index (κ2) is 5.79. The van der Waals surface area contributed by atoms with Crippen LogP contribution in [0.5, 0.6) is 0 Å². The number of halogens is 2. The third kappa shape index (κ3) is 2.56. The van der Waals surface area contributed by atoms with Crippen LogP contribution in [0.2, 0.25) is 10.0 Å². The van der Waals surface area contributed by atoms with Crippen molar-refractivity contribution in [3.63, 3.8) is 0 Å². The zero-order valence-corrected chi connectivity index (χ0v) is 14.1. The van der Waals surface area contributed by atoms with Crippen LogP contribution in [-0.4, -0.2) is 27.2 Å². The lowest BCUT2D eigenvalue weighted by Gasteiger charge is -2.35. The van der Waals surface area contributed by atoms with Gasteiger partial charge in [0, 0.05) is 17.8 Å². The number of nitrogens with zero attached hydrogens (tertiary/aromatic N) is 2. The number of carbonyl (C=O) groups excluding carboxylic acids is 1. The molecular formula is C16H14Cl2N4O2. The van der Waals surface area contributed by atoms with Crippen LogP contribution in [0.4, 0.5) is 10.5 Å². The fraction of sp³-hybridized carbons (Fsp3) is 0.312. The molecule has 2 amide bonds. The Hall–Kier alpha value is -2.05. The van der Waals surface area contributed by atoms with Gasteiger partial charge in [0.25, 0.3) is 5.56 Å². The lowest BCUT2D eigenvalue weighted by Crippen LogP contribution is -2.45. The Labute approximate surface area is 147 Å². The topological polar surface area (TPSA) is 78.1 Å². The van der Waals surface area contributed by atoms with E-state index in [1.54, 1.807) is 24.3 Å². The fourth-order valence-corrected chi connectivity index (χ4v) is 3.88. The molecule has 0 saturated carbocycles. The maximum atomic E-state index is 12.7. The number of anilines is 1. The van der Waals surface area contributed by atoms with E-state index < -0.39 is 0 Å². The van der Waals surface area contributed by atoms with Gasteiger partial charge < -0.3 is 10.2 Å². The van der Waals surface area contributed by atoms with E-state index in [-0.39, 0.29) is 23.7 Å². The van der Waals surface area contributed by atoms with Crippen LogP contribution in [0.3, 0.4) is 0 Å². The van der Waals surface area contributed by atoms with Crippen LogP contribution < -0.4 is 10.9 Å². The molecule has 2 N–H and O–H groups in total. The van der Waals surface area contributed by atoms with Gasteiger partial charge in [0.2, 0.25) is 0 Å². The van der Waals surface area contributed by atoms with Crippen molar-refractivity contribution in [3.8, 4) is 0 Å². The summed E-state index contributed by atoms with van der Waals surface area (Å²) < 4.78 is 0. The Morgan fingerprint density at radius 2 is 2.08 bits per heavy atom. The minimum atomic E-state index is -0.207. The Kier molecular flexibility index (Phi) is 3.73. The SMILES string of the molecule is O=C(Nc1ccc(Cl)c(Cl)c1)N1C2CCC1c1n[nH]c(=O)cc1C2.